The molecule has 0 aliphatic carbocycles. The molecule has 5 nitrogen and oxygen atoms in total. The lowest BCUT2D eigenvalue weighted by molar-refractivity contribution is -0.142. The van der Waals surface area contributed by atoms with Crippen LogP contribution in [0.4, 0.5) is 0 Å². The zero-order valence-electron chi connectivity index (χ0n) is 12.1. The summed E-state index contributed by atoms with van der Waals surface area (Å²) >= 11 is 0. The molecule has 0 aromatic carbocycles. The highest BCUT2D eigenvalue weighted by Gasteiger charge is 2.29. The monoisotopic (exact) mass is 270 g/mol. The molecule has 3 N–H and O–H groups in total. The Morgan fingerprint density at radius 2 is 2.11 bits per heavy atom. The lowest BCUT2D eigenvalue weighted by Gasteiger charge is -2.30. The van der Waals surface area contributed by atoms with Crippen molar-refractivity contribution in [2.45, 2.75) is 58.5 Å². The van der Waals surface area contributed by atoms with E-state index in [9.17, 15) is 9.59 Å². The second-order valence-corrected chi connectivity index (χ2v) is 5.83. The van der Waals surface area contributed by atoms with Crippen molar-refractivity contribution in [3.05, 3.63) is 0 Å². The highest BCUT2D eigenvalue weighted by Crippen LogP contribution is 2.19. The van der Waals surface area contributed by atoms with Crippen LogP contribution in [0.25, 0.3) is 0 Å². The van der Waals surface area contributed by atoms with Crippen LogP contribution in [-0.4, -0.2) is 35.6 Å². The van der Waals surface area contributed by atoms with Crippen LogP contribution in [0.2, 0.25) is 0 Å². The Morgan fingerprint density at radius 3 is 2.63 bits per heavy atom. The molecule has 1 rings (SSSR count). The summed E-state index contributed by atoms with van der Waals surface area (Å²) in [5, 5.41) is 15.0. The van der Waals surface area contributed by atoms with E-state index in [2.05, 4.69) is 17.6 Å². The largest absolute Gasteiger partial charge is 0.480 e. The number of hydrogen-bond donors (Lipinski definition) is 3. The predicted octanol–water partition coefficient (Wildman–Crippen LogP) is 1.38. The Kier molecular flexibility index (Phi) is 6.28. The Labute approximate surface area is 115 Å². The first kappa shape index (κ1) is 16.0. The van der Waals surface area contributed by atoms with Crippen molar-refractivity contribution in [2.75, 3.05) is 6.54 Å². The van der Waals surface area contributed by atoms with E-state index in [1.54, 1.807) is 0 Å². The van der Waals surface area contributed by atoms with Gasteiger partial charge in [-0.25, -0.2) is 4.79 Å². The maximum atomic E-state index is 12.1. The van der Waals surface area contributed by atoms with Gasteiger partial charge < -0.3 is 15.7 Å². The van der Waals surface area contributed by atoms with E-state index < -0.39 is 12.0 Å². The number of aliphatic carboxylic acids is 1. The quantitative estimate of drug-likeness (QED) is 0.681. The van der Waals surface area contributed by atoms with Gasteiger partial charge in [0.1, 0.15) is 6.04 Å². The Hall–Kier alpha value is -1.10. The summed E-state index contributed by atoms with van der Waals surface area (Å²) in [5.41, 5.74) is 0. The van der Waals surface area contributed by atoms with Gasteiger partial charge in [0.05, 0.1) is 6.04 Å². The number of rotatable bonds is 6. The van der Waals surface area contributed by atoms with Gasteiger partial charge in [0.15, 0.2) is 0 Å². The number of amides is 1. The van der Waals surface area contributed by atoms with E-state index in [-0.39, 0.29) is 17.9 Å². The molecular formula is C14H26N2O3. The van der Waals surface area contributed by atoms with Gasteiger partial charge in [-0.05, 0) is 37.6 Å². The average Bonchev–Trinajstić information content (AvgIpc) is 2.37. The molecule has 3 atom stereocenters. The van der Waals surface area contributed by atoms with Crippen molar-refractivity contribution in [1.82, 2.24) is 10.6 Å². The molecule has 1 amide bonds. The van der Waals surface area contributed by atoms with E-state index in [0.717, 1.165) is 25.8 Å². The highest BCUT2D eigenvalue weighted by atomic mass is 16.4. The zero-order valence-corrected chi connectivity index (χ0v) is 12.1. The van der Waals surface area contributed by atoms with Crippen molar-refractivity contribution in [2.24, 2.45) is 11.8 Å². The minimum atomic E-state index is -0.954. The summed E-state index contributed by atoms with van der Waals surface area (Å²) < 4.78 is 0. The number of carboxylic acid groups (broad SMARTS) is 1. The van der Waals surface area contributed by atoms with Gasteiger partial charge in [0.25, 0.3) is 0 Å². The minimum Gasteiger partial charge on any atom is -0.480 e. The number of carboxylic acids is 1. The molecular weight excluding hydrogens is 244 g/mol. The molecule has 0 spiro atoms. The van der Waals surface area contributed by atoms with Gasteiger partial charge in [-0.15, -0.1) is 0 Å². The molecule has 1 aliphatic heterocycles. The second kappa shape index (κ2) is 7.48. The van der Waals surface area contributed by atoms with Crippen molar-refractivity contribution < 1.29 is 14.7 Å². The number of piperidine rings is 1. The topological polar surface area (TPSA) is 78.4 Å². The van der Waals surface area contributed by atoms with Crippen LogP contribution in [0.5, 0.6) is 0 Å². The van der Waals surface area contributed by atoms with Gasteiger partial charge in [-0.1, -0.05) is 27.2 Å². The first-order valence-electron chi connectivity index (χ1n) is 7.20. The molecule has 5 heteroatoms. The van der Waals surface area contributed by atoms with Crippen LogP contribution in [0, 0.1) is 11.8 Å². The van der Waals surface area contributed by atoms with Crippen molar-refractivity contribution >= 4 is 11.9 Å². The van der Waals surface area contributed by atoms with Gasteiger partial charge in [-0.3, -0.25) is 4.79 Å². The number of carbonyl (C=O) groups is 2. The summed E-state index contributed by atoms with van der Waals surface area (Å²) in [7, 11) is 0. The molecule has 0 aromatic rings. The summed E-state index contributed by atoms with van der Waals surface area (Å²) in [6.45, 7) is 6.87. The number of carbonyl (C=O) groups excluding carboxylic acids is 1. The molecule has 19 heavy (non-hydrogen) atoms. The highest BCUT2D eigenvalue weighted by molar-refractivity contribution is 5.87. The third-order valence-corrected chi connectivity index (χ3v) is 3.73. The van der Waals surface area contributed by atoms with E-state index in [0.29, 0.717) is 12.3 Å². The van der Waals surface area contributed by atoms with Crippen LogP contribution in [0.3, 0.4) is 0 Å². The van der Waals surface area contributed by atoms with Crippen molar-refractivity contribution in [1.29, 1.82) is 0 Å². The predicted molar refractivity (Wildman–Crippen MR) is 73.8 cm³/mol. The Bertz CT molecular complexity index is 318. The normalized spacial score (nSPS) is 25.1. The molecule has 1 fully saturated rings. The Balaban J connectivity index is 2.53. The minimum absolute atomic E-state index is 0.175. The lowest BCUT2D eigenvalue weighted by Crippen LogP contribution is -2.53. The van der Waals surface area contributed by atoms with Crippen molar-refractivity contribution in [3.8, 4) is 0 Å². The summed E-state index contributed by atoms with van der Waals surface area (Å²) in [6.07, 6.45) is 3.43. The van der Waals surface area contributed by atoms with Crippen LogP contribution >= 0.6 is 0 Å². The van der Waals surface area contributed by atoms with E-state index >= 15 is 0 Å². The fraction of sp³-hybridized carbons (Fsp3) is 0.857. The average molecular weight is 270 g/mol. The van der Waals surface area contributed by atoms with Gasteiger partial charge in [-0.2, -0.15) is 0 Å². The molecule has 1 aliphatic rings. The second-order valence-electron chi connectivity index (χ2n) is 5.83. The third kappa shape index (κ3) is 5.19. The lowest BCUT2D eigenvalue weighted by atomic mass is 9.90. The summed E-state index contributed by atoms with van der Waals surface area (Å²) in [5.74, 6) is -0.328. The fourth-order valence-electron chi connectivity index (χ4n) is 2.53. The molecule has 0 bridgehead atoms. The molecule has 0 aromatic heterocycles. The molecule has 110 valence electrons. The summed E-state index contributed by atoms with van der Waals surface area (Å²) in [4.78, 5) is 23.3. The van der Waals surface area contributed by atoms with Crippen LogP contribution in [-0.2, 0) is 9.59 Å². The van der Waals surface area contributed by atoms with Crippen LogP contribution in [0.1, 0.15) is 46.5 Å². The SMILES string of the molecule is CCC1CCNC(C(=O)N[C@H](CC(C)C)C(=O)O)C1. The number of nitrogens with one attached hydrogen (secondary N) is 2. The smallest absolute Gasteiger partial charge is 0.326 e. The van der Waals surface area contributed by atoms with Gasteiger partial charge >= 0.3 is 5.97 Å². The maximum absolute atomic E-state index is 12.1. The van der Waals surface area contributed by atoms with Crippen LogP contribution in [0.15, 0.2) is 0 Å². The molecule has 1 heterocycles. The first-order valence-corrected chi connectivity index (χ1v) is 7.20. The van der Waals surface area contributed by atoms with Crippen LogP contribution < -0.4 is 10.6 Å². The molecule has 0 radical (unpaired) electrons. The molecule has 1 saturated heterocycles. The van der Waals surface area contributed by atoms with E-state index in [1.807, 2.05) is 13.8 Å². The Morgan fingerprint density at radius 1 is 1.42 bits per heavy atom. The van der Waals surface area contributed by atoms with Gasteiger partial charge in [0.2, 0.25) is 5.91 Å². The standard InChI is InChI=1S/C14H26N2O3/c1-4-10-5-6-15-11(8-10)13(17)16-12(14(18)19)7-9(2)3/h9-12,15H,4-8H2,1-3H3,(H,16,17)(H,18,19)/t10?,11?,12-/m1/s1. The third-order valence-electron chi connectivity index (χ3n) is 3.73. The van der Waals surface area contributed by atoms with Crippen molar-refractivity contribution in [3.63, 3.8) is 0 Å². The van der Waals surface area contributed by atoms with E-state index in [1.165, 1.54) is 0 Å². The van der Waals surface area contributed by atoms with E-state index in [4.69, 9.17) is 5.11 Å². The molecule has 2 unspecified atom stereocenters. The first-order chi connectivity index (χ1) is 8.93. The zero-order chi connectivity index (χ0) is 14.4. The maximum Gasteiger partial charge on any atom is 0.326 e. The number of hydrogen-bond acceptors (Lipinski definition) is 3. The fourth-order valence-corrected chi connectivity index (χ4v) is 2.53. The molecule has 0 saturated carbocycles. The summed E-state index contributed by atoms with van der Waals surface area (Å²) in [6, 6.07) is -1.02. The van der Waals surface area contributed by atoms with Gasteiger partial charge in [0, 0.05) is 0 Å².